The summed E-state index contributed by atoms with van der Waals surface area (Å²) in [5, 5.41) is 20.4. The normalized spacial score (nSPS) is 8.73. The fourth-order valence-electron chi connectivity index (χ4n) is 0.820. The van der Waals surface area contributed by atoms with Gasteiger partial charge in [-0.05, 0) is 12.1 Å². The lowest BCUT2D eigenvalue weighted by atomic mass is 10.2. The van der Waals surface area contributed by atoms with Gasteiger partial charge in [0.25, 0.3) is 0 Å². The molecule has 0 atom stereocenters. The van der Waals surface area contributed by atoms with Gasteiger partial charge in [0, 0.05) is 18.8 Å². The molecule has 3 nitrogen and oxygen atoms in total. The third-order valence-corrected chi connectivity index (χ3v) is 1.34. The van der Waals surface area contributed by atoms with Crippen LogP contribution in [0.15, 0.2) is 18.2 Å². The summed E-state index contributed by atoms with van der Waals surface area (Å²) in [6, 6.07) is 6.58. The summed E-state index contributed by atoms with van der Waals surface area (Å²) in [6.07, 6.45) is 0. The Kier molecular flexibility index (Phi) is 1.98. The minimum absolute atomic E-state index is 0.105. The number of nitrogens with one attached hydrogen (secondary N) is 1. The van der Waals surface area contributed by atoms with Crippen molar-refractivity contribution in [2.24, 2.45) is 0 Å². The van der Waals surface area contributed by atoms with Crippen molar-refractivity contribution in [1.82, 2.24) is 0 Å². The summed E-state index contributed by atoms with van der Waals surface area (Å²) in [4.78, 5) is 0. The van der Waals surface area contributed by atoms with E-state index < -0.39 is 0 Å². The number of anilines is 1. The Morgan fingerprint density at radius 1 is 1.45 bits per heavy atom. The van der Waals surface area contributed by atoms with Crippen LogP contribution in [0, 0.1) is 11.3 Å². The second kappa shape index (κ2) is 2.93. The molecule has 3 heteroatoms. The number of aromatic hydroxyl groups is 1. The average Bonchev–Trinajstić information content (AvgIpc) is 2.03. The largest absolute Gasteiger partial charge is 0.508 e. The lowest BCUT2D eigenvalue weighted by Crippen LogP contribution is -1.87. The quantitative estimate of drug-likeness (QED) is 0.631. The van der Waals surface area contributed by atoms with Crippen LogP contribution in [0.25, 0.3) is 0 Å². The predicted molar refractivity (Wildman–Crippen MR) is 42.4 cm³/mol. The minimum Gasteiger partial charge on any atom is -0.508 e. The van der Waals surface area contributed by atoms with Gasteiger partial charge >= 0.3 is 0 Å². The Hall–Kier alpha value is -1.69. The van der Waals surface area contributed by atoms with Crippen LogP contribution in [0.2, 0.25) is 0 Å². The molecule has 11 heavy (non-hydrogen) atoms. The summed E-state index contributed by atoms with van der Waals surface area (Å²) in [5.74, 6) is 0.105. The van der Waals surface area contributed by atoms with E-state index in [1.54, 1.807) is 19.2 Å². The summed E-state index contributed by atoms with van der Waals surface area (Å²) in [5.41, 5.74) is 1.19. The van der Waals surface area contributed by atoms with Crippen LogP contribution >= 0.6 is 0 Å². The van der Waals surface area contributed by atoms with Crippen LogP contribution in [-0.2, 0) is 0 Å². The zero-order valence-corrected chi connectivity index (χ0v) is 6.13. The molecular weight excluding hydrogens is 140 g/mol. The molecular formula is C8H8N2O. The number of nitrogens with zero attached hydrogens (tertiary/aromatic N) is 1. The second-order valence-electron chi connectivity index (χ2n) is 2.13. The second-order valence-corrected chi connectivity index (χ2v) is 2.13. The Labute approximate surface area is 64.9 Å². The maximum absolute atomic E-state index is 9.07. The average molecular weight is 148 g/mol. The third kappa shape index (κ3) is 1.62. The van der Waals surface area contributed by atoms with Crippen molar-refractivity contribution < 1.29 is 5.11 Å². The van der Waals surface area contributed by atoms with E-state index in [1.807, 2.05) is 6.07 Å². The first-order valence-electron chi connectivity index (χ1n) is 3.18. The summed E-state index contributed by atoms with van der Waals surface area (Å²) in [6.45, 7) is 0. The van der Waals surface area contributed by atoms with Crippen LogP contribution in [0.1, 0.15) is 5.56 Å². The first-order chi connectivity index (χ1) is 5.26. The fraction of sp³-hybridized carbons (Fsp3) is 0.125. The fourth-order valence-corrected chi connectivity index (χ4v) is 0.820. The molecule has 1 aromatic carbocycles. The van der Waals surface area contributed by atoms with Crippen LogP contribution in [0.5, 0.6) is 5.75 Å². The topological polar surface area (TPSA) is 56.0 Å². The van der Waals surface area contributed by atoms with E-state index in [4.69, 9.17) is 10.4 Å². The van der Waals surface area contributed by atoms with Crippen molar-refractivity contribution in [3.05, 3.63) is 23.8 Å². The smallest absolute Gasteiger partial charge is 0.118 e. The molecule has 0 saturated heterocycles. The molecule has 1 rings (SSSR count). The van der Waals surface area contributed by atoms with Gasteiger partial charge in [-0.3, -0.25) is 0 Å². The number of phenols is 1. The maximum Gasteiger partial charge on any atom is 0.118 e. The van der Waals surface area contributed by atoms with Crippen molar-refractivity contribution in [2.75, 3.05) is 12.4 Å². The highest BCUT2D eigenvalue weighted by Gasteiger charge is 1.96. The summed E-state index contributed by atoms with van der Waals surface area (Å²) >= 11 is 0. The number of rotatable bonds is 1. The highest BCUT2D eigenvalue weighted by molar-refractivity contribution is 5.53. The number of benzene rings is 1. The summed E-state index contributed by atoms with van der Waals surface area (Å²) < 4.78 is 0. The molecule has 0 bridgehead atoms. The molecule has 0 spiro atoms. The molecule has 0 aliphatic rings. The molecule has 0 saturated carbocycles. The first-order valence-corrected chi connectivity index (χ1v) is 3.18. The van der Waals surface area contributed by atoms with Gasteiger partial charge in [-0.1, -0.05) is 0 Å². The van der Waals surface area contributed by atoms with E-state index in [9.17, 15) is 0 Å². The van der Waals surface area contributed by atoms with Crippen molar-refractivity contribution in [2.45, 2.75) is 0 Å². The maximum atomic E-state index is 9.07. The van der Waals surface area contributed by atoms with Crippen molar-refractivity contribution in [3.8, 4) is 11.8 Å². The van der Waals surface area contributed by atoms with Crippen LogP contribution in [-0.4, -0.2) is 12.2 Å². The third-order valence-electron chi connectivity index (χ3n) is 1.34. The van der Waals surface area contributed by atoms with E-state index >= 15 is 0 Å². The molecule has 0 amide bonds. The van der Waals surface area contributed by atoms with Crippen molar-refractivity contribution in [3.63, 3.8) is 0 Å². The molecule has 0 radical (unpaired) electrons. The van der Waals surface area contributed by atoms with E-state index in [2.05, 4.69) is 5.32 Å². The van der Waals surface area contributed by atoms with Gasteiger partial charge in [0.05, 0.1) is 11.6 Å². The number of hydrogen-bond donors (Lipinski definition) is 2. The zero-order chi connectivity index (χ0) is 8.27. The molecule has 0 aromatic heterocycles. The SMILES string of the molecule is CNc1cc(O)cc(C#N)c1. The summed E-state index contributed by atoms with van der Waals surface area (Å²) in [7, 11) is 1.73. The van der Waals surface area contributed by atoms with Gasteiger partial charge in [-0.25, -0.2) is 0 Å². The lowest BCUT2D eigenvalue weighted by Gasteiger charge is -2.00. The first kappa shape index (κ1) is 7.42. The van der Waals surface area contributed by atoms with Crippen LogP contribution in [0.4, 0.5) is 5.69 Å². The Morgan fingerprint density at radius 2 is 2.18 bits per heavy atom. The lowest BCUT2D eigenvalue weighted by molar-refractivity contribution is 0.475. The molecule has 1 aromatic rings. The van der Waals surface area contributed by atoms with E-state index in [0.29, 0.717) is 5.56 Å². The van der Waals surface area contributed by atoms with Gasteiger partial charge in [0.1, 0.15) is 5.75 Å². The monoisotopic (exact) mass is 148 g/mol. The highest BCUT2D eigenvalue weighted by Crippen LogP contribution is 2.18. The van der Waals surface area contributed by atoms with Crippen LogP contribution < -0.4 is 5.32 Å². The van der Waals surface area contributed by atoms with Gasteiger partial charge < -0.3 is 10.4 Å². The van der Waals surface area contributed by atoms with E-state index in [1.165, 1.54) is 6.07 Å². The highest BCUT2D eigenvalue weighted by atomic mass is 16.3. The van der Waals surface area contributed by atoms with Crippen LogP contribution in [0.3, 0.4) is 0 Å². The molecule has 0 aliphatic carbocycles. The molecule has 0 fully saturated rings. The van der Waals surface area contributed by atoms with Gasteiger partial charge in [-0.15, -0.1) is 0 Å². The standard InChI is InChI=1S/C8H8N2O/c1-10-7-2-6(5-9)3-8(11)4-7/h2-4,10-11H,1H3. The molecule has 0 heterocycles. The van der Waals surface area contributed by atoms with E-state index in [0.717, 1.165) is 5.69 Å². The van der Waals surface area contributed by atoms with Gasteiger partial charge in [-0.2, -0.15) is 5.26 Å². The molecule has 0 aliphatic heterocycles. The van der Waals surface area contributed by atoms with Crippen molar-refractivity contribution >= 4 is 5.69 Å². The van der Waals surface area contributed by atoms with Gasteiger partial charge in [0.2, 0.25) is 0 Å². The van der Waals surface area contributed by atoms with E-state index in [-0.39, 0.29) is 5.75 Å². The number of phenolic OH excluding ortho intramolecular Hbond substituents is 1. The zero-order valence-electron chi connectivity index (χ0n) is 6.13. The molecule has 56 valence electrons. The minimum atomic E-state index is 0.105. The molecule has 0 unspecified atom stereocenters. The molecule has 2 N–H and O–H groups in total. The Balaban J connectivity index is 3.15. The van der Waals surface area contributed by atoms with Gasteiger partial charge in [0.15, 0.2) is 0 Å². The Morgan fingerprint density at radius 3 is 2.73 bits per heavy atom. The Bertz CT molecular complexity index is 301. The van der Waals surface area contributed by atoms with Crippen molar-refractivity contribution in [1.29, 1.82) is 5.26 Å². The number of hydrogen-bond acceptors (Lipinski definition) is 3. The number of nitriles is 1. The predicted octanol–water partition coefficient (Wildman–Crippen LogP) is 1.31.